The number of hydrogen-bond acceptors (Lipinski definition) is 2. The van der Waals surface area contributed by atoms with Gasteiger partial charge in [0, 0.05) is 12.0 Å². The molecule has 0 unspecified atom stereocenters. The molecular formula is C13H18O2. The highest BCUT2D eigenvalue weighted by Gasteiger charge is 2.26. The maximum Gasteiger partial charge on any atom is 0.229 e. The zero-order valence-corrected chi connectivity index (χ0v) is 9.83. The second-order valence-electron chi connectivity index (χ2n) is 2.59. The van der Waals surface area contributed by atoms with Crippen LogP contribution in [-0.2, 0) is 11.2 Å². The van der Waals surface area contributed by atoms with Crippen molar-refractivity contribution in [1.29, 1.82) is 0 Å². The molecule has 0 amide bonds. The van der Waals surface area contributed by atoms with Crippen molar-refractivity contribution in [3.63, 3.8) is 0 Å². The minimum absolute atomic E-state index is 0.286. The lowest BCUT2D eigenvalue weighted by Crippen LogP contribution is -2.05. The van der Waals surface area contributed by atoms with Crippen molar-refractivity contribution in [2.45, 2.75) is 34.1 Å². The number of benzene rings is 1. The number of hydrogen-bond donors (Lipinski definition) is 0. The fourth-order valence-corrected chi connectivity index (χ4v) is 1.30. The van der Waals surface area contributed by atoms with Gasteiger partial charge in [0.05, 0.1) is 0 Å². The number of Topliss-reactive ketones (excluding diaryl/α,β-unsaturated/α-hetero) is 2. The molecular weight excluding hydrogens is 188 g/mol. The quantitative estimate of drug-likeness (QED) is 0.611. The molecule has 0 N–H and O–H groups in total. The molecule has 0 bridgehead atoms. The van der Waals surface area contributed by atoms with Gasteiger partial charge in [-0.1, -0.05) is 52.0 Å². The molecule has 1 aliphatic rings. The summed E-state index contributed by atoms with van der Waals surface area (Å²) in [6.07, 6.45) is 0.287. The molecule has 0 heterocycles. The van der Waals surface area contributed by atoms with Crippen LogP contribution >= 0.6 is 0 Å². The van der Waals surface area contributed by atoms with Crippen LogP contribution < -0.4 is 0 Å². The van der Waals surface area contributed by atoms with E-state index < -0.39 is 0 Å². The monoisotopic (exact) mass is 206 g/mol. The van der Waals surface area contributed by atoms with E-state index in [1.54, 1.807) is 12.1 Å². The van der Waals surface area contributed by atoms with Crippen LogP contribution in [0.4, 0.5) is 0 Å². The predicted octanol–water partition coefficient (Wildman–Crippen LogP) is 3.05. The summed E-state index contributed by atoms with van der Waals surface area (Å²) < 4.78 is 0. The molecule has 0 atom stereocenters. The lowest BCUT2D eigenvalue weighted by Gasteiger charge is -1.90. The van der Waals surface area contributed by atoms with E-state index in [0.717, 1.165) is 5.56 Å². The number of carbonyl (C=O) groups is 2. The minimum Gasteiger partial charge on any atom is -0.290 e. The normalized spacial score (nSPS) is 12.0. The van der Waals surface area contributed by atoms with E-state index in [0.29, 0.717) is 5.56 Å². The molecule has 0 aromatic heterocycles. The van der Waals surface area contributed by atoms with Crippen LogP contribution in [0.5, 0.6) is 0 Å². The summed E-state index contributed by atoms with van der Waals surface area (Å²) in [6.45, 7) is 8.00. The van der Waals surface area contributed by atoms with Crippen LogP contribution in [0.15, 0.2) is 24.3 Å². The van der Waals surface area contributed by atoms with E-state index in [9.17, 15) is 9.59 Å². The third-order valence-electron chi connectivity index (χ3n) is 1.87. The molecule has 15 heavy (non-hydrogen) atoms. The molecule has 0 aliphatic heterocycles. The van der Waals surface area contributed by atoms with Gasteiger partial charge >= 0.3 is 0 Å². The first-order valence-corrected chi connectivity index (χ1v) is 5.44. The van der Waals surface area contributed by atoms with Crippen molar-refractivity contribution in [1.82, 2.24) is 0 Å². The van der Waals surface area contributed by atoms with E-state index in [4.69, 9.17) is 0 Å². The molecule has 1 aromatic rings. The molecule has 0 radical (unpaired) electrons. The lowest BCUT2D eigenvalue weighted by molar-refractivity contribution is -0.114. The molecule has 1 aliphatic carbocycles. The number of fused-ring (bicyclic) bond motifs is 1. The summed E-state index contributed by atoms with van der Waals surface area (Å²) >= 11 is 0. The van der Waals surface area contributed by atoms with E-state index in [1.807, 2.05) is 39.8 Å². The minimum atomic E-state index is -0.333. The van der Waals surface area contributed by atoms with E-state index >= 15 is 0 Å². The Morgan fingerprint density at radius 2 is 1.47 bits per heavy atom. The van der Waals surface area contributed by atoms with E-state index in [1.165, 1.54) is 0 Å². The first-order valence-electron chi connectivity index (χ1n) is 5.44. The van der Waals surface area contributed by atoms with Crippen molar-refractivity contribution >= 4 is 11.6 Å². The third-order valence-corrected chi connectivity index (χ3v) is 1.87. The Morgan fingerprint density at radius 3 is 2.00 bits per heavy atom. The number of ketones is 2. The van der Waals surface area contributed by atoms with Crippen LogP contribution in [0.2, 0.25) is 0 Å². The van der Waals surface area contributed by atoms with Gasteiger partial charge in [-0.3, -0.25) is 9.59 Å². The fourth-order valence-electron chi connectivity index (χ4n) is 1.30. The summed E-state index contributed by atoms with van der Waals surface area (Å²) in [6, 6.07) is 7.13. The van der Waals surface area contributed by atoms with E-state index in [-0.39, 0.29) is 18.0 Å². The van der Waals surface area contributed by atoms with Gasteiger partial charge in [0.15, 0.2) is 0 Å². The SMILES string of the molecule is CC.CC.O=C1Cc2ccccc2C1=O. The van der Waals surface area contributed by atoms with Gasteiger partial charge in [0.25, 0.3) is 0 Å². The second-order valence-corrected chi connectivity index (χ2v) is 2.59. The molecule has 0 spiro atoms. The van der Waals surface area contributed by atoms with Gasteiger partial charge in [0.2, 0.25) is 11.6 Å². The Kier molecular flexibility index (Phi) is 6.27. The Bertz CT molecular complexity index is 340. The number of carbonyl (C=O) groups excluding carboxylic acids is 2. The van der Waals surface area contributed by atoms with Crippen molar-refractivity contribution < 1.29 is 9.59 Å². The average Bonchev–Trinajstić information content (AvgIpc) is 2.61. The maximum atomic E-state index is 11.0. The molecule has 0 fully saturated rings. The zero-order valence-electron chi connectivity index (χ0n) is 9.83. The molecule has 82 valence electrons. The summed E-state index contributed by atoms with van der Waals surface area (Å²) in [7, 11) is 0. The summed E-state index contributed by atoms with van der Waals surface area (Å²) in [5, 5.41) is 0. The Labute approximate surface area is 91.3 Å². The fraction of sp³-hybridized carbons (Fsp3) is 0.385. The van der Waals surface area contributed by atoms with Gasteiger partial charge in [-0.25, -0.2) is 0 Å². The van der Waals surface area contributed by atoms with Crippen LogP contribution in [0.1, 0.15) is 43.6 Å². The Morgan fingerprint density at radius 1 is 0.933 bits per heavy atom. The van der Waals surface area contributed by atoms with Gasteiger partial charge in [-0.05, 0) is 5.56 Å². The zero-order chi connectivity index (χ0) is 11.8. The second kappa shape index (κ2) is 6.93. The average molecular weight is 206 g/mol. The molecule has 1 aromatic carbocycles. The summed E-state index contributed by atoms with van der Waals surface area (Å²) in [5.41, 5.74) is 1.44. The third kappa shape index (κ3) is 3.01. The van der Waals surface area contributed by atoms with Gasteiger partial charge < -0.3 is 0 Å². The van der Waals surface area contributed by atoms with Crippen LogP contribution in [0.3, 0.4) is 0 Å². The summed E-state index contributed by atoms with van der Waals surface area (Å²) in [4.78, 5) is 21.9. The van der Waals surface area contributed by atoms with Crippen LogP contribution in [-0.4, -0.2) is 11.6 Å². The van der Waals surface area contributed by atoms with Gasteiger partial charge in [0.1, 0.15) is 0 Å². The van der Waals surface area contributed by atoms with Crippen molar-refractivity contribution in [3.8, 4) is 0 Å². The highest BCUT2D eigenvalue weighted by Crippen LogP contribution is 2.18. The highest BCUT2D eigenvalue weighted by atomic mass is 16.2. The highest BCUT2D eigenvalue weighted by molar-refractivity contribution is 6.47. The molecule has 0 saturated carbocycles. The van der Waals surface area contributed by atoms with Crippen LogP contribution in [0.25, 0.3) is 0 Å². The topological polar surface area (TPSA) is 34.1 Å². The molecule has 2 heteroatoms. The lowest BCUT2D eigenvalue weighted by atomic mass is 10.1. The maximum absolute atomic E-state index is 11.0. The Balaban J connectivity index is 0.000000442. The van der Waals surface area contributed by atoms with Crippen molar-refractivity contribution in [2.75, 3.05) is 0 Å². The molecule has 0 saturated heterocycles. The molecule has 2 nitrogen and oxygen atoms in total. The first-order chi connectivity index (χ1) is 7.29. The first kappa shape index (κ1) is 13.6. The number of rotatable bonds is 0. The smallest absolute Gasteiger partial charge is 0.229 e. The van der Waals surface area contributed by atoms with Gasteiger partial charge in [-0.15, -0.1) is 0 Å². The van der Waals surface area contributed by atoms with E-state index in [2.05, 4.69) is 0 Å². The Hall–Kier alpha value is -1.44. The van der Waals surface area contributed by atoms with Crippen molar-refractivity contribution in [2.24, 2.45) is 0 Å². The largest absolute Gasteiger partial charge is 0.290 e. The van der Waals surface area contributed by atoms with Crippen molar-refractivity contribution in [3.05, 3.63) is 35.4 Å². The van der Waals surface area contributed by atoms with Crippen LogP contribution in [0, 0.1) is 0 Å². The predicted molar refractivity (Wildman–Crippen MR) is 62.2 cm³/mol. The summed E-state index contributed by atoms with van der Waals surface area (Å²) in [5.74, 6) is -0.619. The van der Waals surface area contributed by atoms with Gasteiger partial charge in [-0.2, -0.15) is 0 Å². The molecule has 2 rings (SSSR count). The standard InChI is InChI=1S/C9H6O2.2C2H6/c10-8-5-6-3-1-2-4-7(6)9(8)11;2*1-2/h1-4H,5H2;2*1-2H3.